The minimum atomic E-state index is -0.347. The first-order chi connectivity index (χ1) is 12.6. The molecule has 128 valence electrons. The lowest BCUT2D eigenvalue weighted by Crippen LogP contribution is -2.14. The van der Waals surface area contributed by atoms with Gasteiger partial charge < -0.3 is 10.6 Å². The summed E-state index contributed by atoms with van der Waals surface area (Å²) in [6.07, 6.45) is 1.54. The fourth-order valence-corrected chi connectivity index (χ4v) is 2.29. The summed E-state index contributed by atoms with van der Waals surface area (Å²) >= 11 is 0. The summed E-state index contributed by atoms with van der Waals surface area (Å²) in [6.45, 7) is 0.501. The summed E-state index contributed by atoms with van der Waals surface area (Å²) < 4.78 is 12.9. The normalized spacial score (nSPS) is 10.0. The Kier molecular flexibility index (Phi) is 5.20. The fraction of sp³-hybridized carbons (Fsp3) is 0.0500. The third-order valence-corrected chi connectivity index (χ3v) is 3.67. The molecule has 0 spiro atoms. The molecule has 1 heterocycles. The zero-order valence-electron chi connectivity index (χ0n) is 13.7. The first-order valence-electron chi connectivity index (χ1n) is 7.90. The van der Waals surface area contributed by atoms with Gasteiger partial charge in [0.15, 0.2) is 0 Å². The number of aromatic nitrogens is 1. The van der Waals surface area contributed by atoms with Crippen LogP contribution in [0.4, 0.5) is 15.8 Å². The van der Waals surface area contributed by atoms with Crippen molar-refractivity contribution in [1.29, 1.82) is 5.26 Å². The number of rotatable bonds is 5. The van der Waals surface area contributed by atoms with Gasteiger partial charge in [0.25, 0.3) is 5.91 Å². The topological polar surface area (TPSA) is 77.8 Å². The lowest BCUT2D eigenvalue weighted by molar-refractivity contribution is 0.102. The summed E-state index contributed by atoms with van der Waals surface area (Å²) in [5.74, 6) is -0.625. The van der Waals surface area contributed by atoms with E-state index in [9.17, 15) is 9.18 Å². The van der Waals surface area contributed by atoms with Gasteiger partial charge in [-0.25, -0.2) is 4.39 Å². The molecule has 5 nitrogen and oxygen atoms in total. The van der Waals surface area contributed by atoms with Crippen LogP contribution in [0, 0.1) is 17.1 Å². The lowest BCUT2D eigenvalue weighted by Gasteiger charge is -2.09. The van der Waals surface area contributed by atoms with Crippen LogP contribution < -0.4 is 10.6 Å². The highest BCUT2D eigenvalue weighted by Crippen LogP contribution is 2.14. The van der Waals surface area contributed by atoms with E-state index in [1.54, 1.807) is 54.7 Å². The molecule has 0 aliphatic heterocycles. The highest BCUT2D eigenvalue weighted by Gasteiger charge is 2.08. The average Bonchev–Trinajstić information content (AvgIpc) is 2.68. The van der Waals surface area contributed by atoms with Crippen molar-refractivity contribution in [2.45, 2.75) is 6.54 Å². The van der Waals surface area contributed by atoms with Crippen molar-refractivity contribution in [3.63, 3.8) is 0 Å². The highest BCUT2D eigenvalue weighted by molar-refractivity contribution is 6.03. The molecule has 2 aromatic carbocycles. The number of hydrogen-bond donors (Lipinski definition) is 2. The van der Waals surface area contributed by atoms with Crippen molar-refractivity contribution >= 4 is 17.3 Å². The number of carbonyl (C=O) groups excluding carboxylic acids is 1. The predicted octanol–water partition coefficient (Wildman–Crippen LogP) is 3.96. The molecule has 3 aromatic rings. The third kappa shape index (κ3) is 4.42. The van der Waals surface area contributed by atoms with Crippen LogP contribution in [0.25, 0.3) is 0 Å². The second-order valence-corrected chi connectivity index (χ2v) is 5.55. The zero-order valence-corrected chi connectivity index (χ0v) is 13.7. The fourth-order valence-electron chi connectivity index (χ4n) is 2.29. The van der Waals surface area contributed by atoms with Crippen LogP contribution in [0.5, 0.6) is 0 Å². The van der Waals surface area contributed by atoms with Crippen molar-refractivity contribution in [3.05, 3.63) is 89.5 Å². The Balaban J connectivity index is 1.64. The van der Waals surface area contributed by atoms with Gasteiger partial charge in [0.1, 0.15) is 11.5 Å². The number of amides is 1. The number of carbonyl (C=O) groups is 1. The van der Waals surface area contributed by atoms with Crippen molar-refractivity contribution in [1.82, 2.24) is 4.98 Å². The van der Waals surface area contributed by atoms with Crippen LogP contribution >= 0.6 is 0 Å². The Hall–Kier alpha value is -3.72. The Labute approximate surface area is 150 Å². The van der Waals surface area contributed by atoms with E-state index >= 15 is 0 Å². The van der Waals surface area contributed by atoms with Gasteiger partial charge in [-0.3, -0.25) is 9.78 Å². The largest absolute Gasteiger partial charge is 0.381 e. The van der Waals surface area contributed by atoms with Crippen LogP contribution in [0.1, 0.15) is 21.6 Å². The maximum Gasteiger partial charge on any atom is 0.274 e. The lowest BCUT2D eigenvalue weighted by atomic mass is 10.2. The number of nitrogens with zero attached hydrogens (tertiary/aromatic N) is 2. The summed E-state index contributed by atoms with van der Waals surface area (Å²) in [7, 11) is 0. The first-order valence-corrected chi connectivity index (χ1v) is 7.90. The molecule has 0 aliphatic rings. The van der Waals surface area contributed by atoms with Crippen LogP contribution in [-0.4, -0.2) is 10.9 Å². The number of nitrogens with one attached hydrogen (secondary N) is 2. The van der Waals surface area contributed by atoms with Gasteiger partial charge in [0.05, 0.1) is 11.6 Å². The molecule has 26 heavy (non-hydrogen) atoms. The standard InChI is InChI=1S/C20H15FN4O/c21-16-5-1-15(2-6-16)13-24-18-9-10-23-19(11-18)20(26)25-17-7-3-14(12-22)4-8-17/h1-11H,13H2,(H,23,24)(H,25,26). The first kappa shape index (κ1) is 17.1. The zero-order chi connectivity index (χ0) is 18.4. The monoisotopic (exact) mass is 346 g/mol. The molecule has 0 saturated heterocycles. The molecular formula is C20H15FN4O. The van der Waals surface area contributed by atoms with Gasteiger partial charge in [0, 0.05) is 24.1 Å². The average molecular weight is 346 g/mol. The van der Waals surface area contributed by atoms with Crippen molar-refractivity contribution in [2.75, 3.05) is 10.6 Å². The van der Waals surface area contributed by atoms with E-state index in [0.29, 0.717) is 17.8 Å². The smallest absolute Gasteiger partial charge is 0.274 e. The quantitative estimate of drug-likeness (QED) is 0.733. The van der Waals surface area contributed by atoms with Crippen LogP contribution in [0.3, 0.4) is 0 Å². The van der Waals surface area contributed by atoms with Crippen LogP contribution in [0.2, 0.25) is 0 Å². The van der Waals surface area contributed by atoms with E-state index in [2.05, 4.69) is 15.6 Å². The van der Waals surface area contributed by atoms with E-state index in [0.717, 1.165) is 11.3 Å². The van der Waals surface area contributed by atoms with Crippen molar-refractivity contribution in [3.8, 4) is 6.07 Å². The summed E-state index contributed by atoms with van der Waals surface area (Å²) in [4.78, 5) is 16.4. The Morgan fingerprint density at radius 3 is 2.46 bits per heavy atom. The molecule has 2 N–H and O–H groups in total. The Bertz CT molecular complexity index is 947. The van der Waals surface area contributed by atoms with E-state index in [1.165, 1.54) is 12.1 Å². The van der Waals surface area contributed by atoms with Gasteiger partial charge in [-0.1, -0.05) is 12.1 Å². The summed E-state index contributed by atoms with van der Waals surface area (Å²) in [5.41, 5.74) is 3.02. The molecule has 0 radical (unpaired) electrons. The van der Waals surface area contributed by atoms with Gasteiger partial charge in [-0.05, 0) is 54.1 Å². The number of halogens is 1. The van der Waals surface area contributed by atoms with E-state index < -0.39 is 0 Å². The van der Waals surface area contributed by atoms with Gasteiger partial charge in [0.2, 0.25) is 0 Å². The summed E-state index contributed by atoms with van der Waals surface area (Å²) in [5, 5.41) is 14.7. The van der Waals surface area contributed by atoms with Gasteiger partial charge >= 0.3 is 0 Å². The minimum Gasteiger partial charge on any atom is -0.381 e. The van der Waals surface area contributed by atoms with E-state index in [-0.39, 0.29) is 17.4 Å². The SMILES string of the molecule is N#Cc1ccc(NC(=O)c2cc(NCc3ccc(F)cc3)ccn2)cc1. The number of hydrogen-bond acceptors (Lipinski definition) is 4. The predicted molar refractivity (Wildman–Crippen MR) is 97.1 cm³/mol. The maximum atomic E-state index is 12.9. The highest BCUT2D eigenvalue weighted by atomic mass is 19.1. The van der Waals surface area contributed by atoms with Crippen LogP contribution in [-0.2, 0) is 6.54 Å². The molecular weight excluding hydrogens is 331 g/mol. The molecule has 0 bridgehead atoms. The van der Waals surface area contributed by atoms with Gasteiger partial charge in [-0.2, -0.15) is 5.26 Å². The molecule has 0 saturated carbocycles. The molecule has 0 unspecified atom stereocenters. The van der Waals surface area contributed by atoms with Crippen molar-refractivity contribution < 1.29 is 9.18 Å². The third-order valence-electron chi connectivity index (χ3n) is 3.67. The van der Waals surface area contributed by atoms with Crippen molar-refractivity contribution in [2.24, 2.45) is 0 Å². The van der Waals surface area contributed by atoms with E-state index in [1.807, 2.05) is 6.07 Å². The second kappa shape index (κ2) is 7.90. The van der Waals surface area contributed by atoms with Crippen LogP contribution in [0.15, 0.2) is 66.9 Å². The number of pyridine rings is 1. The Morgan fingerprint density at radius 2 is 1.77 bits per heavy atom. The molecule has 6 heteroatoms. The maximum absolute atomic E-state index is 12.9. The van der Waals surface area contributed by atoms with Gasteiger partial charge in [-0.15, -0.1) is 0 Å². The molecule has 1 amide bonds. The number of nitriles is 1. The second-order valence-electron chi connectivity index (χ2n) is 5.55. The number of anilines is 2. The summed E-state index contributed by atoms with van der Waals surface area (Å²) in [6, 6.07) is 18.2. The molecule has 3 rings (SSSR count). The number of benzene rings is 2. The molecule has 0 atom stereocenters. The molecule has 0 fully saturated rings. The minimum absolute atomic E-state index is 0.262. The molecule has 0 aliphatic carbocycles. The Morgan fingerprint density at radius 1 is 1.04 bits per heavy atom. The molecule has 1 aromatic heterocycles. The van der Waals surface area contributed by atoms with E-state index in [4.69, 9.17) is 5.26 Å².